The van der Waals surface area contributed by atoms with Crippen LogP contribution < -0.4 is 5.73 Å². The predicted octanol–water partition coefficient (Wildman–Crippen LogP) is 1.42. The molecule has 0 saturated carbocycles. The first kappa shape index (κ1) is 15.7. The van der Waals surface area contributed by atoms with E-state index in [0.717, 1.165) is 45.6 Å². The van der Waals surface area contributed by atoms with Gasteiger partial charge in [-0.2, -0.15) is 0 Å². The number of rotatable bonds is 2. The van der Waals surface area contributed by atoms with Gasteiger partial charge < -0.3 is 15.4 Å². The van der Waals surface area contributed by atoms with E-state index in [2.05, 4.69) is 0 Å². The van der Waals surface area contributed by atoms with Crippen molar-refractivity contribution in [1.29, 1.82) is 0 Å². The van der Waals surface area contributed by atoms with Gasteiger partial charge in [0.1, 0.15) is 0 Å². The summed E-state index contributed by atoms with van der Waals surface area (Å²) in [6.07, 6.45) is 3.32. The summed E-state index contributed by atoms with van der Waals surface area (Å²) in [4.78, 5) is 14.4. The van der Waals surface area contributed by atoms with E-state index in [9.17, 15) is 4.79 Å². The summed E-state index contributed by atoms with van der Waals surface area (Å²) in [7, 11) is 0. The third-order valence-corrected chi connectivity index (χ3v) is 4.37. The molecule has 0 atom stereocenters. The van der Waals surface area contributed by atoms with E-state index in [4.69, 9.17) is 10.5 Å². The fraction of sp³-hybridized carbons (Fsp3) is 0.923. The molecule has 0 aromatic carbocycles. The average molecular weight is 277 g/mol. The van der Waals surface area contributed by atoms with Gasteiger partial charge in [0.2, 0.25) is 5.91 Å². The molecule has 0 aliphatic carbocycles. The van der Waals surface area contributed by atoms with Crippen molar-refractivity contribution in [3.63, 3.8) is 0 Å². The van der Waals surface area contributed by atoms with Crippen molar-refractivity contribution in [3.05, 3.63) is 0 Å². The number of nitrogens with zero attached hydrogens (tertiary/aromatic N) is 1. The maximum atomic E-state index is 12.3. The van der Waals surface area contributed by atoms with Crippen LogP contribution in [0.5, 0.6) is 0 Å². The molecule has 2 aliphatic heterocycles. The van der Waals surface area contributed by atoms with Crippen molar-refractivity contribution in [3.8, 4) is 0 Å². The normalized spacial score (nSPS) is 22.9. The number of carbonyl (C=O) groups is 1. The van der Waals surface area contributed by atoms with E-state index in [-0.39, 0.29) is 18.3 Å². The molecule has 106 valence electrons. The summed E-state index contributed by atoms with van der Waals surface area (Å²) in [6, 6.07) is 0. The number of hydrogen-bond acceptors (Lipinski definition) is 3. The van der Waals surface area contributed by atoms with E-state index < -0.39 is 5.41 Å². The number of amides is 1. The average Bonchev–Trinajstić information content (AvgIpc) is 2.73. The van der Waals surface area contributed by atoms with Crippen molar-refractivity contribution in [2.24, 2.45) is 16.6 Å². The second-order valence-corrected chi connectivity index (χ2v) is 6.18. The number of ether oxygens (including phenoxy) is 1. The van der Waals surface area contributed by atoms with Crippen molar-refractivity contribution in [1.82, 2.24) is 4.90 Å². The van der Waals surface area contributed by atoms with Gasteiger partial charge in [0.25, 0.3) is 0 Å². The molecule has 0 unspecified atom stereocenters. The minimum Gasteiger partial charge on any atom is -0.381 e. The van der Waals surface area contributed by atoms with Gasteiger partial charge in [-0.3, -0.25) is 4.79 Å². The molecule has 4 nitrogen and oxygen atoms in total. The molecule has 2 N–H and O–H groups in total. The molecular formula is C13H25ClN2O2. The molecule has 5 heteroatoms. The SMILES string of the molecule is CC(C)(CN)C(=O)N1CCC2(CCOCC2)C1.Cl. The molecule has 0 radical (unpaired) electrons. The van der Waals surface area contributed by atoms with Crippen molar-refractivity contribution in [2.75, 3.05) is 32.8 Å². The minimum absolute atomic E-state index is 0. The first-order chi connectivity index (χ1) is 7.99. The third kappa shape index (κ3) is 2.98. The zero-order valence-electron chi connectivity index (χ0n) is 11.4. The topological polar surface area (TPSA) is 55.6 Å². The molecule has 1 spiro atoms. The van der Waals surface area contributed by atoms with E-state index in [0.29, 0.717) is 12.0 Å². The van der Waals surface area contributed by atoms with Crippen LogP contribution in [0.2, 0.25) is 0 Å². The van der Waals surface area contributed by atoms with Crippen LogP contribution in [-0.2, 0) is 9.53 Å². The molecule has 2 aliphatic rings. The van der Waals surface area contributed by atoms with Gasteiger partial charge in [0.05, 0.1) is 5.41 Å². The smallest absolute Gasteiger partial charge is 0.229 e. The van der Waals surface area contributed by atoms with Gasteiger partial charge in [-0.25, -0.2) is 0 Å². The highest BCUT2D eigenvalue weighted by Gasteiger charge is 2.43. The van der Waals surface area contributed by atoms with Crippen LogP contribution in [0.4, 0.5) is 0 Å². The summed E-state index contributed by atoms with van der Waals surface area (Å²) in [5, 5.41) is 0. The number of hydrogen-bond donors (Lipinski definition) is 1. The van der Waals surface area contributed by atoms with E-state index in [1.807, 2.05) is 18.7 Å². The molecule has 0 bridgehead atoms. The van der Waals surface area contributed by atoms with E-state index in [1.165, 1.54) is 0 Å². The van der Waals surface area contributed by atoms with E-state index >= 15 is 0 Å². The second-order valence-electron chi connectivity index (χ2n) is 6.18. The molecule has 1 amide bonds. The fourth-order valence-electron chi connectivity index (χ4n) is 2.84. The highest BCUT2D eigenvalue weighted by atomic mass is 35.5. The van der Waals surface area contributed by atoms with Gasteiger partial charge in [0.15, 0.2) is 0 Å². The highest BCUT2D eigenvalue weighted by molar-refractivity contribution is 5.85. The molecule has 2 fully saturated rings. The Kier molecular flexibility index (Phi) is 5.04. The zero-order chi connectivity index (χ0) is 12.5. The predicted molar refractivity (Wildman–Crippen MR) is 73.8 cm³/mol. The van der Waals surface area contributed by atoms with Crippen LogP contribution >= 0.6 is 12.4 Å². The van der Waals surface area contributed by atoms with Crippen LogP contribution in [0.25, 0.3) is 0 Å². The van der Waals surface area contributed by atoms with Crippen molar-refractivity contribution >= 4 is 18.3 Å². The summed E-state index contributed by atoms with van der Waals surface area (Å²) >= 11 is 0. The Morgan fingerprint density at radius 2 is 1.94 bits per heavy atom. The summed E-state index contributed by atoms with van der Waals surface area (Å²) in [5.41, 5.74) is 5.59. The van der Waals surface area contributed by atoms with Crippen LogP contribution in [0.1, 0.15) is 33.1 Å². The van der Waals surface area contributed by atoms with Crippen LogP contribution in [0.3, 0.4) is 0 Å². The van der Waals surface area contributed by atoms with Crippen molar-refractivity contribution in [2.45, 2.75) is 33.1 Å². The Labute approximate surface area is 116 Å². The summed E-state index contributed by atoms with van der Waals surface area (Å²) in [5.74, 6) is 0.211. The van der Waals surface area contributed by atoms with Crippen LogP contribution in [0, 0.1) is 10.8 Å². The molecule has 0 aromatic heterocycles. The van der Waals surface area contributed by atoms with Crippen LogP contribution in [-0.4, -0.2) is 43.7 Å². The third-order valence-electron chi connectivity index (χ3n) is 4.37. The first-order valence-corrected chi connectivity index (χ1v) is 6.56. The lowest BCUT2D eigenvalue weighted by Crippen LogP contribution is -2.45. The van der Waals surface area contributed by atoms with E-state index in [1.54, 1.807) is 0 Å². The number of nitrogens with two attached hydrogens (primary N) is 1. The Bertz CT molecular complexity index is 301. The summed E-state index contributed by atoms with van der Waals surface area (Å²) < 4.78 is 5.42. The van der Waals surface area contributed by atoms with Crippen LogP contribution in [0.15, 0.2) is 0 Å². The Morgan fingerprint density at radius 1 is 1.33 bits per heavy atom. The molecule has 2 saturated heterocycles. The molecule has 2 heterocycles. The molecule has 2 rings (SSSR count). The van der Waals surface area contributed by atoms with Gasteiger partial charge in [0, 0.05) is 32.8 Å². The lowest BCUT2D eigenvalue weighted by Gasteiger charge is -2.34. The zero-order valence-corrected chi connectivity index (χ0v) is 12.2. The highest BCUT2D eigenvalue weighted by Crippen LogP contribution is 2.40. The lowest BCUT2D eigenvalue weighted by molar-refractivity contribution is -0.139. The quantitative estimate of drug-likeness (QED) is 0.830. The summed E-state index contributed by atoms with van der Waals surface area (Å²) in [6.45, 7) is 7.78. The Balaban J connectivity index is 0.00000162. The maximum Gasteiger partial charge on any atom is 0.229 e. The largest absolute Gasteiger partial charge is 0.381 e. The number of likely N-dealkylation sites (tertiary alicyclic amines) is 1. The van der Waals surface area contributed by atoms with Gasteiger partial charge in [-0.1, -0.05) is 0 Å². The lowest BCUT2D eigenvalue weighted by atomic mass is 9.79. The molecule has 18 heavy (non-hydrogen) atoms. The molecule has 0 aromatic rings. The van der Waals surface area contributed by atoms with Gasteiger partial charge >= 0.3 is 0 Å². The molecular weight excluding hydrogens is 252 g/mol. The number of halogens is 1. The standard InChI is InChI=1S/C13H24N2O2.ClH/c1-12(2,9-14)11(16)15-6-3-13(10-15)4-7-17-8-5-13;/h3-10,14H2,1-2H3;1H. The Hall–Kier alpha value is -0.320. The van der Waals surface area contributed by atoms with Crippen molar-refractivity contribution < 1.29 is 9.53 Å². The number of carbonyl (C=O) groups excluding carboxylic acids is 1. The monoisotopic (exact) mass is 276 g/mol. The second kappa shape index (κ2) is 5.76. The van der Waals surface area contributed by atoms with Gasteiger partial charge in [-0.15, -0.1) is 12.4 Å². The fourth-order valence-corrected chi connectivity index (χ4v) is 2.84. The Morgan fingerprint density at radius 3 is 2.50 bits per heavy atom. The maximum absolute atomic E-state index is 12.3. The first-order valence-electron chi connectivity index (χ1n) is 6.56. The minimum atomic E-state index is -0.420. The van der Waals surface area contributed by atoms with Gasteiger partial charge in [-0.05, 0) is 38.5 Å².